The van der Waals surface area contributed by atoms with Crippen LogP contribution >= 0.6 is 0 Å². The molecule has 1 heterocycles. The van der Waals surface area contributed by atoms with E-state index in [1.54, 1.807) is 13.2 Å². The van der Waals surface area contributed by atoms with Crippen LogP contribution in [0, 0.1) is 0 Å². The van der Waals surface area contributed by atoms with Crippen molar-refractivity contribution in [3.63, 3.8) is 0 Å². The molecule has 0 bridgehead atoms. The fourth-order valence-corrected chi connectivity index (χ4v) is 1.60. The van der Waals surface area contributed by atoms with Gasteiger partial charge in [-0.05, 0) is 36.3 Å². The van der Waals surface area contributed by atoms with Crippen molar-refractivity contribution in [2.45, 2.75) is 12.8 Å². The summed E-state index contributed by atoms with van der Waals surface area (Å²) in [6, 6.07) is 11.2. The molecule has 2 rings (SSSR count). The lowest BCUT2D eigenvalue weighted by Crippen LogP contribution is -2.06. The summed E-state index contributed by atoms with van der Waals surface area (Å²) in [5.74, 6) is -0.500. The normalized spacial score (nSPS) is 12.7. The molecule has 0 saturated heterocycles. The molecule has 18 heavy (non-hydrogen) atoms. The van der Waals surface area contributed by atoms with Gasteiger partial charge in [0.05, 0.1) is 12.2 Å². The molecule has 1 unspecified atom stereocenters. The molecular weight excluding hydrogens is 228 g/mol. The lowest BCUT2D eigenvalue weighted by molar-refractivity contribution is -0.138. The minimum Gasteiger partial charge on any atom is -0.481 e. The average Bonchev–Trinajstić information content (AvgIpc) is 2.89. The molecule has 2 aromatic rings. The highest BCUT2D eigenvalue weighted by Crippen LogP contribution is 2.17. The molecule has 1 aromatic carbocycles. The lowest BCUT2D eigenvalue weighted by atomic mass is 10.00. The van der Waals surface area contributed by atoms with E-state index in [2.05, 4.69) is 0 Å². The summed E-state index contributed by atoms with van der Waals surface area (Å²) < 4.78 is 5.18. The average molecular weight is 242 g/mol. The smallest absolute Gasteiger partial charge is 0.310 e. The monoisotopic (exact) mass is 242 g/mol. The van der Waals surface area contributed by atoms with Crippen molar-refractivity contribution in [2.75, 3.05) is 0 Å². The highest BCUT2D eigenvalue weighted by Gasteiger charge is 2.12. The zero-order chi connectivity index (χ0) is 13.0. The van der Waals surface area contributed by atoms with Crippen molar-refractivity contribution in [1.29, 1.82) is 0 Å². The quantitative estimate of drug-likeness (QED) is 0.890. The molecule has 92 valence electrons. The van der Waals surface area contributed by atoms with E-state index in [1.807, 2.05) is 48.6 Å². The molecule has 0 saturated carbocycles. The van der Waals surface area contributed by atoms with E-state index in [-0.39, 0.29) is 0 Å². The van der Waals surface area contributed by atoms with Gasteiger partial charge >= 0.3 is 5.97 Å². The third-order valence-electron chi connectivity index (χ3n) is 2.79. The maximum Gasteiger partial charge on any atom is 0.310 e. The topological polar surface area (TPSA) is 50.4 Å². The Balaban J connectivity index is 2.11. The first-order valence-electron chi connectivity index (χ1n) is 5.71. The summed E-state index contributed by atoms with van der Waals surface area (Å²) >= 11 is 0. The highest BCUT2D eigenvalue weighted by molar-refractivity contribution is 5.76. The fourth-order valence-electron chi connectivity index (χ4n) is 1.60. The molecule has 0 aliphatic carbocycles. The van der Waals surface area contributed by atoms with Crippen LogP contribution in [0.2, 0.25) is 0 Å². The molecule has 1 atom stereocenters. The first-order chi connectivity index (χ1) is 8.66. The van der Waals surface area contributed by atoms with Crippen molar-refractivity contribution >= 4 is 18.1 Å². The van der Waals surface area contributed by atoms with Crippen molar-refractivity contribution < 1.29 is 14.3 Å². The first kappa shape index (κ1) is 12.2. The number of rotatable bonds is 4. The van der Waals surface area contributed by atoms with Gasteiger partial charge in [0.15, 0.2) is 0 Å². The van der Waals surface area contributed by atoms with Crippen LogP contribution in [0.3, 0.4) is 0 Å². The second-order valence-electron chi connectivity index (χ2n) is 4.08. The minimum atomic E-state index is -0.811. The number of carbonyl (C=O) groups is 1. The van der Waals surface area contributed by atoms with Crippen LogP contribution in [-0.2, 0) is 4.79 Å². The van der Waals surface area contributed by atoms with Crippen LogP contribution < -0.4 is 0 Å². The van der Waals surface area contributed by atoms with E-state index in [9.17, 15) is 4.79 Å². The Kier molecular flexibility index (Phi) is 3.63. The van der Waals surface area contributed by atoms with Gasteiger partial charge in [-0.15, -0.1) is 0 Å². The molecule has 3 nitrogen and oxygen atoms in total. The van der Waals surface area contributed by atoms with Gasteiger partial charge in [-0.3, -0.25) is 4.79 Å². The molecule has 0 amide bonds. The summed E-state index contributed by atoms with van der Waals surface area (Å²) in [7, 11) is 0. The zero-order valence-electron chi connectivity index (χ0n) is 10.0. The first-order valence-corrected chi connectivity index (χ1v) is 5.71. The summed E-state index contributed by atoms with van der Waals surface area (Å²) in [4.78, 5) is 10.8. The van der Waals surface area contributed by atoms with Gasteiger partial charge in [-0.1, -0.05) is 30.3 Å². The number of hydrogen-bond donors (Lipinski definition) is 1. The van der Waals surface area contributed by atoms with Crippen molar-refractivity contribution in [3.05, 3.63) is 59.5 Å². The van der Waals surface area contributed by atoms with Gasteiger partial charge < -0.3 is 9.52 Å². The third kappa shape index (κ3) is 2.88. The predicted octanol–water partition coefficient (Wildman–Crippen LogP) is 3.64. The van der Waals surface area contributed by atoms with Crippen LogP contribution in [0.25, 0.3) is 12.2 Å². The van der Waals surface area contributed by atoms with Gasteiger partial charge in [-0.25, -0.2) is 0 Å². The molecule has 0 fully saturated rings. The van der Waals surface area contributed by atoms with Crippen LogP contribution in [0.15, 0.2) is 47.1 Å². The van der Waals surface area contributed by atoms with Crippen molar-refractivity contribution in [3.8, 4) is 0 Å². The molecule has 0 aliphatic rings. The van der Waals surface area contributed by atoms with Crippen LogP contribution in [-0.4, -0.2) is 11.1 Å². The molecule has 1 aromatic heterocycles. The van der Waals surface area contributed by atoms with Gasteiger partial charge in [0, 0.05) is 0 Å². The largest absolute Gasteiger partial charge is 0.481 e. The number of carboxylic acid groups (broad SMARTS) is 1. The Hall–Kier alpha value is -2.29. The van der Waals surface area contributed by atoms with Crippen molar-refractivity contribution in [2.24, 2.45) is 0 Å². The maximum atomic E-state index is 10.8. The second-order valence-corrected chi connectivity index (χ2v) is 4.08. The number of furan rings is 1. The van der Waals surface area contributed by atoms with Crippen LogP contribution in [0.4, 0.5) is 0 Å². The molecule has 0 radical (unpaired) electrons. The van der Waals surface area contributed by atoms with E-state index in [0.29, 0.717) is 0 Å². The Morgan fingerprint density at radius 1 is 1.22 bits per heavy atom. The van der Waals surface area contributed by atoms with E-state index in [1.165, 1.54) is 0 Å². The van der Waals surface area contributed by atoms with Gasteiger partial charge in [0.2, 0.25) is 0 Å². The predicted molar refractivity (Wildman–Crippen MR) is 70.1 cm³/mol. The SMILES string of the molecule is CC(C(=O)O)c1ccc(/C=C/c2ccco2)cc1. The second kappa shape index (κ2) is 5.36. The van der Waals surface area contributed by atoms with E-state index in [0.717, 1.165) is 16.9 Å². The standard InChI is InChI=1S/C15H14O3/c1-11(15(16)17)13-7-4-12(5-8-13)6-9-14-3-2-10-18-14/h2-11H,1H3,(H,16,17)/b9-6+. The van der Waals surface area contributed by atoms with E-state index in [4.69, 9.17) is 9.52 Å². The molecule has 1 N–H and O–H groups in total. The van der Waals surface area contributed by atoms with Crippen LogP contribution in [0.5, 0.6) is 0 Å². The number of aliphatic carboxylic acids is 1. The molecular formula is C15H14O3. The molecule has 0 aliphatic heterocycles. The van der Waals surface area contributed by atoms with E-state index >= 15 is 0 Å². The number of carboxylic acids is 1. The summed E-state index contributed by atoms with van der Waals surface area (Å²) in [5, 5.41) is 8.91. The Morgan fingerprint density at radius 2 is 1.94 bits per heavy atom. The zero-order valence-corrected chi connectivity index (χ0v) is 10.0. The Bertz CT molecular complexity index is 536. The van der Waals surface area contributed by atoms with Gasteiger partial charge in [0.1, 0.15) is 5.76 Å². The van der Waals surface area contributed by atoms with Gasteiger partial charge in [0.25, 0.3) is 0 Å². The molecule has 3 heteroatoms. The van der Waals surface area contributed by atoms with Gasteiger partial charge in [-0.2, -0.15) is 0 Å². The number of hydrogen-bond acceptors (Lipinski definition) is 2. The summed E-state index contributed by atoms with van der Waals surface area (Å²) in [6.45, 7) is 1.68. The van der Waals surface area contributed by atoms with E-state index < -0.39 is 11.9 Å². The lowest BCUT2D eigenvalue weighted by Gasteiger charge is -2.06. The Morgan fingerprint density at radius 3 is 2.50 bits per heavy atom. The summed E-state index contributed by atoms with van der Waals surface area (Å²) in [6.07, 6.45) is 5.42. The maximum absolute atomic E-state index is 10.8. The Labute approximate surface area is 105 Å². The van der Waals surface area contributed by atoms with Crippen molar-refractivity contribution in [1.82, 2.24) is 0 Å². The highest BCUT2D eigenvalue weighted by atomic mass is 16.4. The minimum absolute atomic E-state index is 0.479. The molecule has 0 spiro atoms. The fraction of sp³-hybridized carbons (Fsp3) is 0.133. The van der Waals surface area contributed by atoms with Crippen LogP contribution in [0.1, 0.15) is 29.7 Å². The number of benzene rings is 1. The third-order valence-corrected chi connectivity index (χ3v) is 2.79. The summed E-state index contributed by atoms with van der Waals surface area (Å²) in [5.41, 5.74) is 1.81.